The number of amides is 2. The molecule has 8 heteroatoms. The van der Waals surface area contributed by atoms with E-state index >= 15 is 0 Å². The third-order valence-corrected chi connectivity index (χ3v) is 8.69. The van der Waals surface area contributed by atoms with E-state index in [1.54, 1.807) is 6.20 Å². The van der Waals surface area contributed by atoms with E-state index in [1.807, 2.05) is 14.1 Å². The summed E-state index contributed by atoms with van der Waals surface area (Å²) in [5, 5.41) is 0.619. The molecular weight excluding hydrogens is 428 g/mol. The predicted octanol–water partition coefficient (Wildman–Crippen LogP) is 2.04. The minimum Gasteiger partial charge on any atom is -0.369 e. The first-order valence-electron chi connectivity index (χ1n) is 9.28. The van der Waals surface area contributed by atoms with E-state index in [9.17, 15) is 9.59 Å². The highest BCUT2D eigenvalue weighted by atomic mass is 79.9. The molecule has 4 atom stereocenters. The summed E-state index contributed by atoms with van der Waals surface area (Å²) in [4.78, 5) is 32.9. The molecule has 1 heterocycles. The minimum atomic E-state index is -1.17. The second-order valence-corrected chi connectivity index (χ2v) is 10.9. The highest BCUT2D eigenvalue weighted by molar-refractivity contribution is 9.11. The van der Waals surface area contributed by atoms with Crippen LogP contribution in [0.1, 0.15) is 30.7 Å². The number of allylic oxidation sites excluding steroid dienone is 2. The molecule has 1 spiro atoms. The van der Waals surface area contributed by atoms with Crippen LogP contribution in [0.25, 0.3) is 0 Å². The Labute approximate surface area is 171 Å². The number of hydrogen-bond acceptors (Lipinski definition) is 5. The number of carbonyl (C=O) groups excluding carboxylic acids is 2. The maximum atomic E-state index is 13.2. The molecule has 4 N–H and O–H groups in total. The zero-order chi connectivity index (χ0) is 19.6. The number of nitrogens with two attached hydrogens (primary N) is 2. The third kappa shape index (κ3) is 2.23. The summed E-state index contributed by atoms with van der Waals surface area (Å²) in [6, 6.07) is 0. The second-order valence-electron chi connectivity index (χ2n) is 8.46. The summed E-state index contributed by atoms with van der Waals surface area (Å²) in [5.74, 6) is -1.06. The van der Waals surface area contributed by atoms with Gasteiger partial charge in [-0.2, -0.15) is 0 Å². The van der Waals surface area contributed by atoms with Crippen molar-refractivity contribution in [1.29, 1.82) is 0 Å². The van der Waals surface area contributed by atoms with Crippen LogP contribution in [0.5, 0.6) is 0 Å². The first kappa shape index (κ1) is 19.1. The summed E-state index contributed by atoms with van der Waals surface area (Å²) in [6.45, 7) is 0.819. The van der Waals surface area contributed by atoms with Crippen LogP contribution >= 0.6 is 27.3 Å². The lowest BCUT2D eigenvalue weighted by Crippen LogP contribution is -2.62. The predicted molar refractivity (Wildman–Crippen MR) is 108 cm³/mol. The van der Waals surface area contributed by atoms with Gasteiger partial charge in [-0.05, 0) is 73.6 Å². The zero-order valence-corrected chi connectivity index (χ0v) is 18.0. The molecule has 0 unspecified atom stereocenters. The van der Waals surface area contributed by atoms with E-state index in [0.29, 0.717) is 11.4 Å². The highest BCUT2D eigenvalue weighted by Crippen LogP contribution is 2.80. The molecule has 0 saturated heterocycles. The van der Waals surface area contributed by atoms with Crippen LogP contribution in [-0.2, 0) is 15.0 Å². The fourth-order valence-corrected chi connectivity index (χ4v) is 7.58. The lowest BCUT2D eigenvalue weighted by molar-refractivity contribution is -0.144. The minimum absolute atomic E-state index is 0.0511. The Morgan fingerprint density at radius 2 is 1.93 bits per heavy atom. The lowest BCUT2D eigenvalue weighted by atomic mass is 9.55. The Bertz CT molecular complexity index is 833. The quantitative estimate of drug-likeness (QED) is 0.617. The molecule has 0 aliphatic heterocycles. The Kier molecular flexibility index (Phi) is 4.33. The van der Waals surface area contributed by atoms with Gasteiger partial charge in [0.15, 0.2) is 0 Å². The number of hydrogen-bond donors (Lipinski definition) is 2. The highest BCUT2D eigenvalue weighted by Gasteiger charge is 2.83. The topological polar surface area (TPSA) is 102 Å². The summed E-state index contributed by atoms with van der Waals surface area (Å²) in [7, 11) is 4.00. The molecule has 3 aliphatic carbocycles. The molecule has 146 valence electrons. The maximum Gasteiger partial charge on any atom is 0.232 e. The lowest BCUT2D eigenvalue weighted by Gasteiger charge is -2.46. The first-order valence-corrected chi connectivity index (χ1v) is 10.9. The summed E-state index contributed by atoms with van der Waals surface area (Å²) in [5.41, 5.74) is 9.96. The van der Waals surface area contributed by atoms with Crippen molar-refractivity contribution >= 4 is 39.1 Å². The molecule has 0 aromatic carbocycles. The molecule has 1 aromatic rings. The fourth-order valence-electron chi connectivity index (χ4n) is 6.06. The van der Waals surface area contributed by atoms with Crippen LogP contribution in [0.4, 0.5) is 0 Å². The Morgan fingerprint density at radius 1 is 1.26 bits per heavy atom. The van der Waals surface area contributed by atoms with Crippen molar-refractivity contribution in [3.05, 3.63) is 27.1 Å². The SMILES string of the molecule is CN(C)CCC[C@@]1(C(N)=O)[C@@H]2C=C[C@@H](C23CC3)[C@@]1(C(N)=O)c1ncc(Br)s1. The van der Waals surface area contributed by atoms with E-state index in [-0.39, 0.29) is 17.3 Å². The van der Waals surface area contributed by atoms with Crippen LogP contribution in [0.15, 0.2) is 22.1 Å². The van der Waals surface area contributed by atoms with Crippen LogP contribution < -0.4 is 11.5 Å². The molecule has 2 fully saturated rings. The van der Waals surface area contributed by atoms with Gasteiger partial charge in [-0.3, -0.25) is 9.59 Å². The molecule has 2 bridgehead atoms. The molecule has 2 saturated carbocycles. The summed E-state index contributed by atoms with van der Waals surface area (Å²) >= 11 is 4.85. The van der Waals surface area contributed by atoms with Crippen molar-refractivity contribution in [2.24, 2.45) is 34.1 Å². The number of primary amides is 2. The van der Waals surface area contributed by atoms with Gasteiger partial charge in [0.05, 0.1) is 15.4 Å². The number of carbonyl (C=O) groups is 2. The van der Waals surface area contributed by atoms with Gasteiger partial charge in [0.1, 0.15) is 10.4 Å². The van der Waals surface area contributed by atoms with Gasteiger partial charge in [0, 0.05) is 5.92 Å². The molecular formula is C19H25BrN4O2S. The van der Waals surface area contributed by atoms with Gasteiger partial charge in [-0.25, -0.2) is 4.98 Å². The Balaban J connectivity index is 1.94. The van der Waals surface area contributed by atoms with Gasteiger partial charge in [0.2, 0.25) is 11.8 Å². The zero-order valence-electron chi connectivity index (χ0n) is 15.6. The van der Waals surface area contributed by atoms with Crippen molar-refractivity contribution in [3.8, 4) is 0 Å². The monoisotopic (exact) mass is 452 g/mol. The van der Waals surface area contributed by atoms with Gasteiger partial charge >= 0.3 is 0 Å². The average Bonchev–Trinajstić information content (AvgIpc) is 3.05. The number of rotatable bonds is 7. The standard InChI is InChI=1S/C19H25BrN4O2S/c1-24(2)9-3-6-18(14(21)25)11-4-5-12(17(11)7-8-17)19(18,15(22)26)16-23-10-13(20)27-16/h4-5,10-12H,3,6-9H2,1-2H3,(H2,21,25)(H2,22,26)/t11-,12+,18+,19-/m1/s1. The third-order valence-electron chi connectivity index (χ3n) is 7.08. The molecule has 0 radical (unpaired) electrons. The largest absolute Gasteiger partial charge is 0.369 e. The first-order chi connectivity index (χ1) is 12.7. The smallest absolute Gasteiger partial charge is 0.232 e. The fraction of sp³-hybridized carbons (Fsp3) is 0.632. The van der Waals surface area contributed by atoms with Crippen LogP contribution in [0.2, 0.25) is 0 Å². The van der Waals surface area contributed by atoms with E-state index < -0.39 is 22.6 Å². The molecule has 6 nitrogen and oxygen atoms in total. The van der Waals surface area contributed by atoms with Gasteiger partial charge < -0.3 is 16.4 Å². The second kappa shape index (κ2) is 6.12. The maximum absolute atomic E-state index is 13.2. The van der Waals surface area contributed by atoms with E-state index in [0.717, 1.165) is 29.6 Å². The van der Waals surface area contributed by atoms with E-state index in [1.165, 1.54) is 11.3 Å². The Hall–Kier alpha value is -1.25. The van der Waals surface area contributed by atoms with Crippen LogP contribution in [-0.4, -0.2) is 42.3 Å². The van der Waals surface area contributed by atoms with E-state index in [4.69, 9.17) is 11.5 Å². The summed E-state index contributed by atoms with van der Waals surface area (Å²) < 4.78 is 0.821. The molecule has 27 heavy (non-hydrogen) atoms. The van der Waals surface area contributed by atoms with Crippen molar-refractivity contribution in [2.75, 3.05) is 20.6 Å². The number of nitrogens with zero attached hydrogens (tertiary/aromatic N) is 2. The average molecular weight is 453 g/mol. The number of aromatic nitrogens is 1. The van der Waals surface area contributed by atoms with Crippen molar-refractivity contribution in [1.82, 2.24) is 9.88 Å². The van der Waals surface area contributed by atoms with Crippen LogP contribution in [0.3, 0.4) is 0 Å². The van der Waals surface area contributed by atoms with Crippen molar-refractivity contribution in [3.63, 3.8) is 0 Å². The number of thiazole rings is 1. The van der Waals surface area contributed by atoms with Crippen molar-refractivity contribution < 1.29 is 9.59 Å². The van der Waals surface area contributed by atoms with Crippen LogP contribution in [0, 0.1) is 22.7 Å². The van der Waals surface area contributed by atoms with Gasteiger partial charge in [-0.1, -0.05) is 12.2 Å². The van der Waals surface area contributed by atoms with Gasteiger partial charge in [0.25, 0.3) is 0 Å². The summed E-state index contributed by atoms with van der Waals surface area (Å²) in [6.07, 6.45) is 9.22. The number of halogens is 1. The van der Waals surface area contributed by atoms with E-state index in [2.05, 4.69) is 38.0 Å². The Morgan fingerprint density at radius 3 is 2.41 bits per heavy atom. The van der Waals surface area contributed by atoms with Gasteiger partial charge in [-0.15, -0.1) is 11.3 Å². The molecule has 3 aliphatic rings. The molecule has 2 amide bonds. The molecule has 1 aromatic heterocycles. The van der Waals surface area contributed by atoms with Crippen molar-refractivity contribution in [2.45, 2.75) is 31.1 Å². The molecule has 4 rings (SSSR count). The normalized spacial score (nSPS) is 35.3.